The summed E-state index contributed by atoms with van der Waals surface area (Å²) in [5.74, 6) is -2.79. The first kappa shape index (κ1) is 16.3. The highest BCUT2D eigenvalue weighted by Crippen LogP contribution is 2.28. The van der Waals surface area contributed by atoms with Gasteiger partial charge in [0.1, 0.15) is 5.82 Å². The van der Waals surface area contributed by atoms with Gasteiger partial charge in [-0.1, -0.05) is 6.92 Å². The maximum Gasteiger partial charge on any atom is 0.161 e. The van der Waals surface area contributed by atoms with E-state index in [1.54, 1.807) is 0 Å². The van der Waals surface area contributed by atoms with Crippen LogP contribution < -0.4 is 5.32 Å². The van der Waals surface area contributed by atoms with E-state index in [9.17, 15) is 13.2 Å². The van der Waals surface area contributed by atoms with Crippen LogP contribution in [0.4, 0.5) is 13.2 Å². The molecule has 1 aliphatic rings. The van der Waals surface area contributed by atoms with Crippen LogP contribution in [0.3, 0.4) is 0 Å². The molecule has 2 nitrogen and oxygen atoms in total. The summed E-state index contributed by atoms with van der Waals surface area (Å²) in [4.78, 5) is 2.10. The molecular weight excluding hydrogens is 277 g/mol. The van der Waals surface area contributed by atoms with Gasteiger partial charge in [-0.05, 0) is 12.5 Å². The molecule has 1 aromatic rings. The highest BCUT2D eigenvalue weighted by atomic mass is 35.5. The van der Waals surface area contributed by atoms with E-state index < -0.39 is 17.5 Å². The lowest BCUT2D eigenvalue weighted by Gasteiger charge is -2.34. The number of piperazine rings is 1. The van der Waals surface area contributed by atoms with Crippen molar-refractivity contribution in [2.45, 2.75) is 19.4 Å². The van der Waals surface area contributed by atoms with Crippen LogP contribution in [-0.4, -0.2) is 31.1 Å². The van der Waals surface area contributed by atoms with Crippen LogP contribution in [0, 0.1) is 17.5 Å². The molecule has 0 unspecified atom stereocenters. The Labute approximate surface area is 117 Å². The summed E-state index contributed by atoms with van der Waals surface area (Å²) >= 11 is 0. The topological polar surface area (TPSA) is 15.3 Å². The van der Waals surface area contributed by atoms with Crippen LogP contribution in [-0.2, 0) is 0 Å². The Hall–Kier alpha value is -0.780. The fraction of sp³-hybridized carbons (Fsp3) is 0.538. The Kier molecular flexibility index (Phi) is 6.10. The molecule has 2 rings (SSSR count). The van der Waals surface area contributed by atoms with Gasteiger partial charge in [0.15, 0.2) is 11.6 Å². The van der Waals surface area contributed by atoms with Gasteiger partial charge in [0.2, 0.25) is 0 Å². The van der Waals surface area contributed by atoms with Crippen LogP contribution in [0.5, 0.6) is 0 Å². The first-order valence-electron chi connectivity index (χ1n) is 6.22. The Morgan fingerprint density at radius 1 is 1.11 bits per heavy atom. The number of hydrogen-bond acceptors (Lipinski definition) is 2. The molecule has 0 amide bonds. The second-order valence-electron chi connectivity index (χ2n) is 4.50. The molecule has 0 bridgehead atoms. The summed E-state index contributed by atoms with van der Waals surface area (Å²) in [5, 5.41) is 3.21. The molecule has 6 heteroatoms. The molecule has 1 aliphatic heterocycles. The van der Waals surface area contributed by atoms with Crippen molar-refractivity contribution in [3.8, 4) is 0 Å². The number of nitrogens with zero attached hydrogens (tertiary/aromatic N) is 1. The maximum atomic E-state index is 13.8. The summed E-state index contributed by atoms with van der Waals surface area (Å²) < 4.78 is 40.0. The molecule has 0 aromatic heterocycles. The predicted octanol–water partition coefficient (Wildman–Crippen LogP) is 2.88. The third-order valence-corrected chi connectivity index (χ3v) is 3.38. The lowest BCUT2D eigenvalue weighted by Crippen LogP contribution is -2.45. The quantitative estimate of drug-likeness (QED) is 0.863. The van der Waals surface area contributed by atoms with E-state index in [4.69, 9.17) is 0 Å². The van der Waals surface area contributed by atoms with E-state index in [2.05, 4.69) is 10.2 Å². The van der Waals surface area contributed by atoms with E-state index >= 15 is 0 Å². The van der Waals surface area contributed by atoms with E-state index in [0.29, 0.717) is 12.5 Å². The number of benzene rings is 1. The Morgan fingerprint density at radius 2 is 1.68 bits per heavy atom. The van der Waals surface area contributed by atoms with Gasteiger partial charge in [-0.25, -0.2) is 13.2 Å². The molecule has 0 radical (unpaired) electrons. The first-order valence-corrected chi connectivity index (χ1v) is 6.22. The third kappa shape index (κ3) is 3.61. The van der Waals surface area contributed by atoms with Crippen molar-refractivity contribution >= 4 is 12.4 Å². The second kappa shape index (κ2) is 7.12. The summed E-state index contributed by atoms with van der Waals surface area (Å²) in [7, 11) is 0. The lowest BCUT2D eigenvalue weighted by atomic mass is 10.0. The summed E-state index contributed by atoms with van der Waals surface area (Å²) in [6, 6.07) is 1.43. The largest absolute Gasteiger partial charge is 0.314 e. The third-order valence-electron chi connectivity index (χ3n) is 3.38. The fourth-order valence-corrected chi connectivity index (χ4v) is 2.46. The average molecular weight is 295 g/mol. The van der Waals surface area contributed by atoms with E-state index in [1.165, 1.54) is 0 Å². The zero-order valence-electron chi connectivity index (χ0n) is 10.8. The zero-order valence-corrected chi connectivity index (χ0v) is 11.6. The Bertz CT molecular complexity index is 423. The highest BCUT2D eigenvalue weighted by Gasteiger charge is 2.24. The fourth-order valence-electron chi connectivity index (χ4n) is 2.46. The first-order chi connectivity index (χ1) is 8.63. The molecule has 1 N–H and O–H groups in total. The zero-order chi connectivity index (χ0) is 13.1. The van der Waals surface area contributed by atoms with Crippen molar-refractivity contribution in [2.75, 3.05) is 26.2 Å². The SMILES string of the molecule is CC[C@H](c1cc(F)c(F)cc1F)N1CCNCC1.Cl. The van der Waals surface area contributed by atoms with Crippen molar-refractivity contribution in [3.05, 3.63) is 35.1 Å². The van der Waals surface area contributed by atoms with Gasteiger partial charge in [0.05, 0.1) is 0 Å². The van der Waals surface area contributed by atoms with Crippen LogP contribution in [0.15, 0.2) is 12.1 Å². The monoisotopic (exact) mass is 294 g/mol. The maximum absolute atomic E-state index is 13.8. The van der Waals surface area contributed by atoms with Crippen molar-refractivity contribution < 1.29 is 13.2 Å². The molecule has 0 aliphatic carbocycles. The van der Waals surface area contributed by atoms with Gasteiger partial charge in [0, 0.05) is 43.9 Å². The van der Waals surface area contributed by atoms with E-state index in [1.807, 2.05) is 6.92 Å². The standard InChI is InChI=1S/C13H17F3N2.ClH/c1-2-13(18-5-3-17-4-6-18)9-7-11(15)12(16)8-10(9)14;/h7-8,13,17H,2-6H2,1H3;1H/t13-;/m1./s1. The smallest absolute Gasteiger partial charge is 0.161 e. The minimum Gasteiger partial charge on any atom is -0.314 e. The molecule has 19 heavy (non-hydrogen) atoms. The number of halogens is 4. The number of rotatable bonds is 3. The van der Waals surface area contributed by atoms with Gasteiger partial charge in [-0.15, -0.1) is 12.4 Å². The minimum atomic E-state index is -1.13. The minimum absolute atomic E-state index is 0. The summed E-state index contributed by atoms with van der Waals surface area (Å²) in [6.45, 7) is 5.17. The molecule has 0 spiro atoms. The van der Waals surface area contributed by atoms with Crippen molar-refractivity contribution in [2.24, 2.45) is 0 Å². The normalized spacial score (nSPS) is 17.9. The highest BCUT2D eigenvalue weighted by molar-refractivity contribution is 5.85. The number of hydrogen-bond donors (Lipinski definition) is 1. The summed E-state index contributed by atoms with van der Waals surface area (Å²) in [5.41, 5.74) is 0.248. The lowest BCUT2D eigenvalue weighted by molar-refractivity contribution is 0.165. The summed E-state index contributed by atoms with van der Waals surface area (Å²) in [6.07, 6.45) is 0.669. The molecule has 1 aromatic carbocycles. The van der Waals surface area contributed by atoms with Gasteiger partial charge in [0.25, 0.3) is 0 Å². The molecule has 1 atom stereocenters. The molecule has 1 fully saturated rings. The van der Waals surface area contributed by atoms with Gasteiger partial charge >= 0.3 is 0 Å². The van der Waals surface area contributed by atoms with Crippen molar-refractivity contribution in [3.63, 3.8) is 0 Å². The van der Waals surface area contributed by atoms with E-state index in [-0.39, 0.29) is 24.0 Å². The molecule has 1 heterocycles. The van der Waals surface area contributed by atoms with Gasteiger partial charge in [-0.3, -0.25) is 4.90 Å². The Balaban J connectivity index is 0.00000180. The van der Waals surface area contributed by atoms with Crippen LogP contribution >= 0.6 is 12.4 Å². The molecular formula is C13H18ClF3N2. The average Bonchev–Trinajstić information content (AvgIpc) is 2.38. The van der Waals surface area contributed by atoms with Crippen LogP contribution in [0.2, 0.25) is 0 Å². The van der Waals surface area contributed by atoms with Gasteiger partial charge in [-0.2, -0.15) is 0 Å². The van der Waals surface area contributed by atoms with Crippen molar-refractivity contribution in [1.82, 2.24) is 10.2 Å². The van der Waals surface area contributed by atoms with Crippen LogP contribution in [0.25, 0.3) is 0 Å². The number of nitrogens with one attached hydrogen (secondary N) is 1. The van der Waals surface area contributed by atoms with Crippen LogP contribution in [0.1, 0.15) is 24.9 Å². The van der Waals surface area contributed by atoms with Crippen molar-refractivity contribution in [1.29, 1.82) is 0 Å². The van der Waals surface area contributed by atoms with E-state index in [0.717, 1.165) is 32.2 Å². The molecule has 108 valence electrons. The van der Waals surface area contributed by atoms with Gasteiger partial charge < -0.3 is 5.32 Å². The second-order valence-corrected chi connectivity index (χ2v) is 4.50. The molecule has 1 saturated heterocycles. The predicted molar refractivity (Wildman–Crippen MR) is 71.0 cm³/mol. The molecule has 0 saturated carbocycles. The Morgan fingerprint density at radius 3 is 2.26 bits per heavy atom.